The summed E-state index contributed by atoms with van der Waals surface area (Å²) in [5.74, 6) is 0.0366. The fourth-order valence-electron chi connectivity index (χ4n) is 3.21. The lowest BCUT2D eigenvalue weighted by Gasteiger charge is -2.23. The molecule has 0 fully saturated rings. The maximum atomic E-state index is 12.5. The fourth-order valence-corrected chi connectivity index (χ4v) is 4.27. The van der Waals surface area contributed by atoms with Gasteiger partial charge in [0.2, 0.25) is 10.0 Å². The minimum Gasteiger partial charge on any atom is -0.351 e. The molecule has 1 atom stereocenters. The first-order chi connectivity index (χ1) is 14.7. The molecule has 0 unspecified atom stereocenters. The van der Waals surface area contributed by atoms with Crippen LogP contribution >= 0.6 is 11.6 Å². The molecule has 0 saturated carbocycles. The van der Waals surface area contributed by atoms with Crippen LogP contribution in [0.1, 0.15) is 34.3 Å². The average molecular weight is 457 g/mol. The van der Waals surface area contributed by atoms with Crippen molar-refractivity contribution in [3.05, 3.63) is 101 Å². The molecular formula is C24H25ClN2O3S. The van der Waals surface area contributed by atoms with Crippen LogP contribution in [-0.4, -0.2) is 27.1 Å². The highest BCUT2D eigenvalue weighted by Gasteiger charge is 2.18. The Morgan fingerprint density at radius 3 is 2.29 bits per heavy atom. The molecule has 5 nitrogen and oxygen atoms in total. The first-order valence-electron chi connectivity index (χ1n) is 9.89. The van der Waals surface area contributed by atoms with E-state index in [4.69, 9.17) is 11.6 Å². The molecule has 1 N–H and O–H groups in total. The van der Waals surface area contributed by atoms with Crippen molar-refractivity contribution in [2.75, 3.05) is 17.1 Å². The van der Waals surface area contributed by atoms with Crippen molar-refractivity contribution in [1.29, 1.82) is 0 Å². The summed E-state index contributed by atoms with van der Waals surface area (Å²) in [6.07, 6.45) is 1.16. The molecule has 0 aromatic heterocycles. The Kier molecular flexibility index (Phi) is 7.36. The van der Waals surface area contributed by atoms with Gasteiger partial charge >= 0.3 is 0 Å². The largest absolute Gasteiger partial charge is 0.351 e. The zero-order valence-corrected chi connectivity index (χ0v) is 19.0. The van der Waals surface area contributed by atoms with E-state index in [1.807, 2.05) is 30.3 Å². The standard InChI is InChI=1S/C24H25ClN2O3S/c1-18(20-7-4-3-5-8-20)16-26-24(28)21-13-11-19(12-14-21)17-27(31(2,29)30)23-10-6-9-22(25)15-23/h3-15,18H,16-17H2,1-2H3,(H,26,28)/t18-/m0/s1. The molecule has 1 amide bonds. The molecule has 0 bridgehead atoms. The van der Waals surface area contributed by atoms with E-state index in [1.165, 1.54) is 9.87 Å². The minimum atomic E-state index is -3.51. The summed E-state index contributed by atoms with van der Waals surface area (Å²) < 4.78 is 25.9. The Balaban J connectivity index is 1.66. The second-order valence-electron chi connectivity index (χ2n) is 7.47. The van der Waals surface area contributed by atoms with Gasteiger partial charge < -0.3 is 5.32 Å². The van der Waals surface area contributed by atoms with Gasteiger partial charge in [0, 0.05) is 17.1 Å². The average Bonchev–Trinajstić information content (AvgIpc) is 2.75. The Morgan fingerprint density at radius 2 is 1.68 bits per heavy atom. The van der Waals surface area contributed by atoms with Crippen LogP contribution in [0.3, 0.4) is 0 Å². The maximum Gasteiger partial charge on any atom is 0.251 e. The van der Waals surface area contributed by atoms with Gasteiger partial charge in [-0.2, -0.15) is 0 Å². The monoisotopic (exact) mass is 456 g/mol. The van der Waals surface area contributed by atoms with Crippen LogP contribution in [0, 0.1) is 0 Å². The van der Waals surface area contributed by atoms with Gasteiger partial charge in [0.1, 0.15) is 0 Å². The SMILES string of the molecule is C[C@@H](CNC(=O)c1ccc(CN(c2cccc(Cl)c2)S(C)(=O)=O)cc1)c1ccccc1. The molecule has 3 aromatic rings. The van der Waals surface area contributed by atoms with E-state index >= 15 is 0 Å². The Bertz CT molecular complexity index is 1130. The van der Waals surface area contributed by atoms with Gasteiger partial charge in [-0.25, -0.2) is 8.42 Å². The predicted octanol–water partition coefficient (Wildman–Crippen LogP) is 4.84. The Labute approximate surface area is 188 Å². The molecule has 3 aromatic carbocycles. The summed E-state index contributed by atoms with van der Waals surface area (Å²) in [5, 5.41) is 3.41. The summed E-state index contributed by atoms with van der Waals surface area (Å²) in [4.78, 5) is 12.5. The number of anilines is 1. The van der Waals surface area contributed by atoms with Gasteiger partial charge in [0.25, 0.3) is 5.91 Å². The third kappa shape index (κ3) is 6.32. The van der Waals surface area contributed by atoms with Crippen molar-refractivity contribution in [2.24, 2.45) is 0 Å². The predicted molar refractivity (Wildman–Crippen MR) is 126 cm³/mol. The van der Waals surface area contributed by atoms with Gasteiger partial charge in [-0.1, -0.05) is 67.1 Å². The number of benzene rings is 3. The van der Waals surface area contributed by atoms with E-state index in [-0.39, 0.29) is 18.4 Å². The lowest BCUT2D eigenvalue weighted by molar-refractivity contribution is 0.0951. The topological polar surface area (TPSA) is 66.5 Å². The van der Waals surface area contributed by atoms with E-state index in [0.29, 0.717) is 22.8 Å². The Hall–Kier alpha value is -2.83. The number of rotatable bonds is 8. The molecule has 0 aliphatic carbocycles. The van der Waals surface area contributed by atoms with Crippen molar-refractivity contribution >= 4 is 33.2 Å². The molecule has 3 rings (SSSR count). The first kappa shape index (κ1) is 22.8. The summed E-state index contributed by atoms with van der Waals surface area (Å²) in [7, 11) is -3.51. The Morgan fingerprint density at radius 1 is 1.00 bits per heavy atom. The number of carbonyl (C=O) groups is 1. The molecule has 0 aliphatic heterocycles. The van der Waals surface area contributed by atoms with Gasteiger partial charge in [-0.3, -0.25) is 9.10 Å². The third-order valence-electron chi connectivity index (χ3n) is 4.98. The van der Waals surface area contributed by atoms with Crippen molar-refractivity contribution in [3.63, 3.8) is 0 Å². The van der Waals surface area contributed by atoms with E-state index in [1.54, 1.807) is 48.5 Å². The second-order valence-corrected chi connectivity index (χ2v) is 9.81. The number of sulfonamides is 1. The zero-order chi connectivity index (χ0) is 22.4. The lowest BCUT2D eigenvalue weighted by atomic mass is 10.0. The van der Waals surface area contributed by atoms with Crippen LogP contribution in [0.2, 0.25) is 5.02 Å². The molecule has 0 heterocycles. The van der Waals surface area contributed by atoms with Crippen LogP contribution < -0.4 is 9.62 Å². The van der Waals surface area contributed by atoms with Gasteiger partial charge in [0.05, 0.1) is 18.5 Å². The van der Waals surface area contributed by atoms with E-state index in [2.05, 4.69) is 12.2 Å². The quantitative estimate of drug-likeness (QED) is 0.527. The van der Waals surface area contributed by atoms with Crippen LogP contribution in [0.25, 0.3) is 0 Å². The molecular weight excluding hydrogens is 432 g/mol. The molecule has 31 heavy (non-hydrogen) atoms. The van der Waals surface area contributed by atoms with Crippen molar-refractivity contribution in [2.45, 2.75) is 19.4 Å². The summed E-state index contributed by atoms with van der Waals surface area (Å²) >= 11 is 6.02. The fraction of sp³-hybridized carbons (Fsp3) is 0.208. The molecule has 162 valence electrons. The zero-order valence-electron chi connectivity index (χ0n) is 17.5. The van der Waals surface area contributed by atoms with E-state index < -0.39 is 10.0 Å². The highest BCUT2D eigenvalue weighted by Crippen LogP contribution is 2.24. The minimum absolute atomic E-state index is 0.145. The van der Waals surface area contributed by atoms with Gasteiger partial charge in [0.15, 0.2) is 0 Å². The van der Waals surface area contributed by atoms with E-state index in [9.17, 15) is 13.2 Å². The van der Waals surface area contributed by atoms with Crippen molar-refractivity contribution in [1.82, 2.24) is 5.32 Å². The van der Waals surface area contributed by atoms with Crippen LogP contribution in [0.5, 0.6) is 0 Å². The molecule has 0 radical (unpaired) electrons. The summed E-state index contributed by atoms with van der Waals surface area (Å²) in [6, 6.07) is 23.7. The number of hydrogen-bond acceptors (Lipinski definition) is 3. The van der Waals surface area contributed by atoms with E-state index in [0.717, 1.165) is 11.8 Å². The van der Waals surface area contributed by atoms with Gasteiger partial charge in [-0.05, 0) is 47.4 Å². The maximum absolute atomic E-state index is 12.5. The van der Waals surface area contributed by atoms with Crippen LogP contribution in [-0.2, 0) is 16.6 Å². The van der Waals surface area contributed by atoms with Crippen LogP contribution in [0.15, 0.2) is 78.9 Å². The molecule has 0 aliphatic rings. The lowest BCUT2D eigenvalue weighted by Crippen LogP contribution is -2.29. The number of nitrogens with one attached hydrogen (secondary N) is 1. The number of nitrogens with zero attached hydrogens (tertiary/aromatic N) is 1. The van der Waals surface area contributed by atoms with Crippen molar-refractivity contribution < 1.29 is 13.2 Å². The highest BCUT2D eigenvalue weighted by molar-refractivity contribution is 7.92. The first-order valence-corrected chi connectivity index (χ1v) is 12.1. The highest BCUT2D eigenvalue weighted by atomic mass is 35.5. The molecule has 0 spiro atoms. The number of carbonyl (C=O) groups excluding carboxylic acids is 1. The summed E-state index contributed by atoms with van der Waals surface area (Å²) in [5.41, 5.74) is 2.95. The summed E-state index contributed by atoms with van der Waals surface area (Å²) in [6.45, 7) is 2.74. The van der Waals surface area contributed by atoms with Crippen LogP contribution in [0.4, 0.5) is 5.69 Å². The smallest absolute Gasteiger partial charge is 0.251 e. The molecule has 0 saturated heterocycles. The molecule has 7 heteroatoms. The number of amides is 1. The van der Waals surface area contributed by atoms with Gasteiger partial charge in [-0.15, -0.1) is 0 Å². The number of halogens is 1. The second kappa shape index (κ2) is 9.98. The third-order valence-corrected chi connectivity index (χ3v) is 6.35. The normalized spacial score (nSPS) is 12.2. The number of hydrogen-bond donors (Lipinski definition) is 1. The van der Waals surface area contributed by atoms with Crippen molar-refractivity contribution in [3.8, 4) is 0 Å².